The Morgan fingerprint density at radius 1 is 1.07 bits per heavy atom. The van der Waals surface area contributed by atoms with Gasteiger partial charge in [-0.05, 0) is 18.2 Å². The number of carbonyl (C=O) groups is 3. The normalized spacial score (nSPS) is 25.7. The zero-order valence-electron chi connectivity index (χ0n) is 14.9. The summed E-state index contributed by atoms with van der Waals surface area (Å²) < 4.78 is 5.24. The Morgan fingerprint density at radius 3 is 2.54 bits per heavy atom. The van der Waals surface area contributed by atoms with Crippen molar-refractivity contribution < 1.29 is 19.1 Å². The molecule has 0 spiro atoms. The first kappa shape index (κ1) is 17.3. The van der Waals surface area contributed by atoms with Crippen LogP contribution in [0, 0.1) is 0 Å². The van der Waals surface area contributed by atoms with Crippen molar-refractivity contribution in [3.8, 4) is 0 Å². The maximum atomic E-state index is 13.4. The van der Waals surface area contributed by atoms with Gasteiger partial charge in [0.15, 0.2) is 11.8 Å². The average molecular weight is 397 g/mol. The van der Waals surface area contributed by atoms with E-state index in [-0.39, 0.29) is 24.2 Å². The lowest BCUT2D eigenvalue weighted by Crippen LogP contribution is -2.54. The average Bonchev–Trinajstić information content (AvgIpc) is 3.37. The number of rotatable bonds is 2. The van der Waals surface area contributed by atoms with Gasteiger partial charge in [-0.2, -0.15) is 0 Å². The van der Waals surface area contributed by atoms with Crippen LogP contribution in [0.2, 0.25) is 5.02 Å². The number of halogens is 1. The van der Waals surface area contributed by atoms with Crippen molar-refractivity contribution in [2.45, 2.75) is 24.6 Å². The molecule has 0 bridgehead atoms. The first-order valence-corrected chi connectivity index (χ1v) is 9.60. The third kappa shape index (κ3) is 2.18. The predicted octanol–water partition coefficient (Wildman–Crippen LogP) is 2.54. The van der Waals surface area contributed by atoms with Crippen LogP contribution < -0.4 is 0 Å². The summed E-state index contributed by atoms with van der Waals surface area (Å²) in [7, 11) is 0. The Bertz CT molecular complexity index is 1010. The Kier molecular flexibility index (Phi) is 3.74. The molecule has 0 N–H and O–H groups in total. The molecule has 0 aromatic heterocycles. The molecule has 1 unspecified atom stereocenters. The predicted molar refractivity (Wildman–Crippen MR) is 101 cm³/mol. The molecule has 5 rings (SSSR count). The highest BCUT2D eigenvalue weighted by atomic mass is 35.5. The number of fused-ring (bicyclic) bond motifs is 3. The fourth-order valence-corrected chi connectivity index (χ4v) is 4.75. The first-order chi connectivity index (χ1) is 13.5. The third-order valence-electron chi connectivity index (χ3n) is 5.78. The maximum Gasteiger partial charge on any atom is 0.306 e. The van der Waals surface area contributed by atoms with Crippen molar-refractivity contribution in [1.82, 2.24) is 9.80 Å². The van der Waals surface area contributed by atoms with Gasteiger partial charge in [-0.15, -0.1) is 0 Å². The second-order valence-corrected chi connectivity index (χ2v) is 7.62. The number of carbonyl (C=O) groups excluding carboxylic acids is 3. The molecule has 3 heterocycles. The van der Waals surface area contributed by atoms with Gasteiger partial charge >= 0.3 is 5.97 Å². The van der Waals surface area contributed by atoms with E-state index in [0.29, 0.717) is 30.1 Å². The number of hydrogen-bond acceptors (Lipinski definition) is 4. The lowest BCUT2D eigenvalue weighted by atomic mass is 9.89. The van der Waals surface area contributed by atoms with Crippen molar-refractivity contribution in [2.24, 2.45) is 0 Å². The highest BCUT2D eigenvalue weighted by Gasteiger charge is 2.60. The number of benzene rings is 2. The fraction of sp³-hybridized carbons (Fsp3) is 0.286. The molecule has 0 radical (unpaired) electrons. The van der Waals surface area contributed by atoms with Gasteiger partial charge in [-0.25, -0.2) is 0 Å². The molecule has 2 atom stereocenters. The summed E-state index contributed by atoms with van der Waals surface area (Å²) in [5.74, 6) is -0.741. The summed E-state index contributed by atoms with van der Waals surface area (Å²) >= 11 is 6.09. The Hall–Kier alpha value is -2.86. The standard InChI is InChI=1S/C21H17ClN2O4/c22-14-7-5-13(6-8-14)21-16-4-2-1-3-15(16)19(26)23(21)11-12-24(21)20(27)17-9-10-18(25)28-17/h1-8,17H,9-12H2/t17-,21?/m0/s1. The molecule has 3 aliphatic rings. The van der Waals surface area contributed by atoms with Crippen LogP contribution >= 0.6 is 11.6 Å². The third-order valence-corrected chi connectivity index (χ3v) is 6.03. The molecular formula is C21H17ClN2O4. The second-order valence-electron chi connectivity index (χ2n) is 7.19. The van der Waals surface area contributed by atoms with Crippen LogP contribution in [0.25, 0.3) is 0 Å². The summed E-state index contributed by atoms with van der Waals surface area (Å²) in [5, 5.41) is 0.574. The summed E-state index contributed by atoms with van der Waals surface area (Å²) in [6, 6.07) is 14.6. The van der Waals surface area contributed by atoms with Crippen LogP contribution in [0.5, 0.6) is 0 Å². The first-order valence-electron chi connectivity index (χ1n) is 9.22. The van der Waals surface area contributed by atoms with E-state index in [0.717, 1.165) is 11.1 Å². The Balaban J connectivity index is 1.70. The van der Waals surface area contributed by atoms with E-state index in [1.54, 1.807) is 28.0 Å². The number of esters is 1. The van der Waals surface area contributed by atoms with Crippen molar-refractivity contribution in [3.05, 3.63) is 70.2 Å². The minimum Gasteiger partial charge on any atom is -0.452 e. The van der Waals surface area contributed by atoms with E-state index in [9.17, 15) is 14.4 Å². The van der Waals surface area contributed by atoms with E-state index < -0.39 is 11.8 Å². The molecule has 2 aromatic carbocycles. The van der Waals surface area contributed by atoms with Crippen molar-refractivity contribution in [1.29, 1.82) is 0 Å². The second kappa shape index (κ2) is 6.07. The molecular weight excluding hydrogens is 380 g/mol. The van der Waals surface area contributed by atoms with Crippen molar-refractivity contribution in [2.75, 3.05) is 13.1 Å². The van der Waals surface area contributed by atoms with E-state index in [4.69, 9.17) is 16.3 Å². The minimum absolute atomic E-state index is 0.107. The molecule has 2 saturated heterocycles. The number of hydrogen-bond donors (Lipinski definition) is 0. The van der Waals surface area contributed by atoms with E-state index >= 15 is 0 Å². The van der Waals surface area contributed by atoms with Crippen LogP contribution in [-0.4, -0.2) is 46.8 Å². The number of amides is 2. The van der Waals surface area contributed by atoms with Crippen LogP contribution in [0.15, 0.2) is 48.5 Å². The topological polar surface area (TPSA) is 66.9 Å². The van der Waals surface area contributed by atoms with Crippen LogP contribution in [-0.2, 0) is 20.0 Å². The van der Waals surface area contributed by atoms with Crippen LogP contribution in [0.4, 0.5) is 0 Å². The number of cyclic esters (lactones) is 1. The van der Waals surface area contributed by atoms with Gasteiger partial charge in [0.1, 0.15) is 0 Å². The van der Waals surface area contributed by atoms with Gasteiger partial charge in [-0.3, -0.25) is 14.4 Å². The molecule has 142 valence electrons. The smallest absolute Gasteiger partial charge is 0.306 e. The van der Waals surface area contributed by atoms with Gasteiger partial charge in [0.25, 0.3) is 11.8 Å². The summed E-state index contributed by atoms with van der Waals surface area (Å²) in [4.78, 5) is 41.5. The van der Waals surface area contributed by atoms with Gasteiger partial charge in [-0.1, -0.05) is 41.9 Å². The van der Waals surface area contributed by atoms with Crippen molar-refractivity contribution in [3.63, 3.8) is 0 Å². The van der Waals surface area contributed by atoms with Crippen LogP contribution in [0.1, 0.15) is 34.3 Å². The SMILES string of the molecule is O=C1CC[C@@H](C(=O)N2CCN3C(=O)c4ccccc4C32c2ccc(Cl)cc2)O1. The summed E-state index contributed by atoms with van der Waals surface area (Å²) in [6.07, 6.45) is -0.211. The molecule has 0 saturated carbocycles. The number of nitrogens with zero attached hydrogens (tertiary/aromatic N) is 2. The number of ether oxygens (including phenoxy) is 1. The van der Waals surface area contributed by atoms with E-state index in [1.807, 2.05) is 30.3 Å². The largest absolute Gasteiger partial charge is 0.452 e. The highest BCUT2D eigenvalue weighted by molar-refractivity contribution is 6.30. The molecule has 2 amide bonds. The fourth-order valence-electron chi connectivity index (χ4n) is 4.62. The Labute approximate surface area is 166 Å². The molecule has 2 aromatic rings. The highest BCUT2D eigenvalue weighted by Crippen LogP contribution is 2.50. The lowest BCUT2D eigenvalue weighted by Gasteiger charge is -2.41. The van der Waals surface area contributed by atoms with Crippen molar-refractivity contribution >= 4 is 29.4 Å². The Morgan fingerprint density at radius 2 is 1.82 bits per heavy atom. The van der Waals surface area contributed by atoms with E-state index in [2.05, 4.69) is 0 Å². The molecule has 3 aliphatic heterocycles. The molecule has 7 heteroatoms. The van der Waals surface area contributed by atoms with Gasteiger partial charge in [0.2, 0.25) is 0 Å². The molecule has 28 heavy (non-hydrogen) atoms. The van der Waals surface area contributed by atoms with E-state index in [1.165, 1.54) is 0 Å². The van der Waals surface area contributed by atoms with Gasteiger partial charge in [0.05, 0.1) is 0 Å². The zero-order chi connectivity index (χ0) is 19.5. The van der Waals surface area contributed by atoms with Gasteiger partial charge < -0.3 is 14.5 Å². The van der Waals surface area contributed by atoms with Crippen LogP contribution in [0.3, 0.4) is 0 Å². The summed E-state index contributed by atoms with van der Waals surface area (Å²) in [6.45, 7) is 0.776. The quantitative estimate of drug-likeness (QED) is 0.732. The molecule has 0 aliphatic carbocycles. The lowest BCUT2D eigenvalue weighted by molar-refractivity contribution is -0.156. The van der Waals surface area contributed by atoms with Gasteiger partial charge in [0, 0.05) is 47.6 Å². The molecule has 2 fully saturated rings. The summed E-state index contributed by atoms with van der Waals surface area (Å²) in [5.41, 5.74) is 1.07. The minimum atomic E-state index is -1.05. The maximum absolute atomic E-state index is 13.4. The monoisotopic (exact) mass is 396 g/mol. The molecule has 6 nitrogen and oxygen atoms in total. The zero-order valence-corrected chi connectivity index (χ0v) is 15.7.